The number of piperazine rings is 1. The van der Waals surface area contributed by atoms with Crippen molar-refractivity contribution in [1.29, 1.82) is 0 Å². The molecule has 1 aliphatic rings. The van der Waals surface area contributed by atoms with Gasteiger partial charge in [0, 0.05) is 43.5 Å². The van der Waals surface area contributed by atoms with Crippen molar-refractivity contribution in [2.45, 2.75) is 38.2 Å². The van der Waals surface area contributed by atoms with E-state index in [0.29, 0.717) is 19.6 Å². The first-order valence-electron chi connectivity index (χ1n) is 10.0. The van der Waals surface area contributed by atoms with Crippen molar-refractivity contribution in [3.63, 3.8) is 0 Å². The fourth-order valence-corrected chi connectivity index (χ4v) is 4.48. The van der Waals surface area contributed by atoms with Crippen LogP contribution in [-0.4, -0.2) is 65.4 Å². The molecule has 1 aromatic heterocycles. The van der Waals surface area contributed by atoms with Crippen LogP contribution in [0, 0.1) is 5.82 Å². The lowest BCUT2D eigenvalue weighted by Crippen LogP contribution is -2.58. The van der Waals surface area contributed by atoms with Crippen LogP contribution in [0.15, 0.2) is 36.5 Å². The molecular weight excluding hydrogens is 461 g/mol. The predicted octanol–water partition coefficient (Wildman–Crippen LogP) is 2.76. The largest absolute Gasteiger partial charge is 0.467 e. The lowest BCUT2D eigenvalue weighted by molar-refractivity contribution is -0.139. The summed E-state index contributed by atoms with van der Waals surface area (Å²) in [5.74, 6) is -1.34. The molecule has 2 heterocycles. The molecule has 1 amide bonds. The third-order valence-corrected chi connectivity index (χ3v) is 6.18. The Balaban J connectivity index is 1.61. The van der Waals surface area contributed by atoms with Crippen molar-refractivity contribution in [3.8, 4) is 5.88 Å². The van der Waals surface area contributed by atoms with Gasteiger partial charge in [-0.15, -0.1) is 0 Å². The standard InChI is InChI=1S/C21H25ClFN3O5S/c1-14-10-26(15(2)9-25(14)11-16-3-5-19(23)6-4-16)20(27)12-31-21-17(13-32(28,29)30)7-18(22)8-24-21/h3-8,14-15H,9-13H2,1-2H3,(H,28,29,30)/t14-,15+/m0/s1. The molecule has 0 aliphatic carbocycles. The average molecular weight is 486 g/mol. The second-order valence-corrected chi connectivity index (χ2v) is 9.82. The zero-order valence-corrected chi connectivity index (χ0v) is 19.3. The van der Waals surface area contributed by atoms with Gasteiger partial charge in [-0.3, -0.25) is 14.2 Å². The maximum atomic E-state index is 13.1. The van der Waals surface area contributed by atoms with Crippen LogP contribution >= 0.6 is 11.6 Å². The first-order chi connectivity index (χ1) is 15.0. The number of halogens is 2. The topological polar surface area (TPSA) is 100 Å². The number of carbonyl (C=O) groups is 1. The van der Waals surface area contributed by atoms with Crippen LogP contribution in [0.1, 0.15) is 25.0 Å². The van der Waals surface area contributed by atoms with Crippen LogP contribution < -0.4 is 4.74 Å². The number of pyridine rings is 1. The number of aromatic nitrogens is 1. The van der Waals surface area contributed by atoms with Gasteiger partial charge in [0.2, 0.25) is 5.88 Å². The highest BCUT2D eigenvalue weighted by Crippen LogP contribution is 2.23. The van der Waals surface area contributed by atoms with Gasteiger partial charge in [-0.05, 0) is 37.6 Å². The van der Waals surface area contributed by atoms with Crippen LogP contribution in [-0.2, 0) is 27.2 Å². The molecule has 11 heteroatoms. The van der Waals surface area contributed by atoms with E-state index in [1.54, 1.807) is 17.0 Å². The van der Waals surface area contributed by atoms with Gasteiger partial charge in [0.25, 0.3) is 16.0 Å². The van der Waals surface area contributed by atoms with Gasteiger partial charge >= 0.3 is 0 Å². The highest BCUT2D eigenvalue weighted by molar-refractivity contribution is 7.85. The van der Waals surface area contributed by atoms with Gasteiger partial charge in [0.1, 0.15) is 11.6 Å². The van der Waals surface area contributed by atoms with Crippen LogP contribution in [0.25, 0.3) is 0 Å². The first kappa shape index (κ1) is 24.4. The van der Waals surface area contributed by atoms with E-state index in [0.717, 1.165) is 5.56 Å². The second kappa shape index (κ2) is 10.1. The molecule has 174 valence electrons. The molecule has 1 N–H and O–H groups in total. The Bertz CT molecular complexity index is 1070. The summed E-state index contributed by atoms with van der Waals surface area (Å²) in [5.41, 5.74) is 1.06. The summed E-state index contributed by atoms with van der Waals surface area (Å²) in [7, 11) is -4.33. The minimum Gasteiger partial charge on any atom is -0.467 e. The van der Waals surface area contributed by atoms with E-state index in [1.165, 1.54) is 24.4 Å². The number of carbonyl (C=O) groups excluding carboxylic acids is 1. The Morgan fingerprint density at radius 1 is 1.25 bits per heavy atom. The molecule has 0 unspecified atom stereocenters. The van der Waals surface area contributed by atoms with Crippen molar-refractivity contribution in [3.05, 3.63) is 58.5 Å². The fourth-order valence-electron chi connectivity index (χ4n) is 3.70. The van der Waals surface area contributed by atoms with E-state index >= 15 is 0 Å². The van der Waals surface area contributed by atoms with Gasteiger partial charge in [-0.25, -0.2) is 9.37 Å². The van der Waals surface area contributed by atoms with Crippen LogP contribution in [0.4, 0.5) is 4.39 Å². The Kier molecular flexibility index (Phi) is 7.71. The maximum absolute atomic E-state index is 13.1. The summed E-state index contributed by atoms with van der Waals surface area (Å²) < 4.78 is 50.2. The second-order valence-electron chi connectivity index (χ2n) is 7.93. The van der Waals surface area contributed by atoms with Gasteiger partial charge in [-0.1, -0.05) is 23.7 Å². The normalized spacial score (nSPS) is 19.7. The molecule has 3 rings (SSSR count). The summed E-state index contributed by atoms with van der Waals surface area (Å²) >= 11 is 5.85. The van der Waals surface area contributed by atoms with Gasteiger partial charge in [0.15, 0.2) is 6.61 Å². The maximum Gasteiger partial charge on any atom is 0.269 e. The third-order valence-electron chi connectivity index (χ3n) is 5.30. The summed E-state index contributed by atoms with van der Waals surface area (Å²) in [6, 6.07) is 7.68. The van der Waals surface area contributed by atoms with E-state index in [9.17, 15) is 17.6 Å². The molecule has 32 heavy (non-hydrogen) atoms. The Morgan fingerprint density at radius 2 is 1.94 bits per heavy atom. The number of benzene rings is 1. The Hall–Kier alpha value is -2.27. The monoisotopic (exact) mass is 485 g/mol. The minimum absolute atomic E-state index is 0.0679. The number of ether oxygens (including phenoxy) is 1. The van der Waals surface area contributed by atoms with Crippen molar-refractivity contribution in [2.75, 3.05) is 19.7 Å². The summed E-state index contributed by atoms with van der Waals surface area (Å²) in [5, 5.41) is 0.182. The smallest absolute Gasteiger partial charge is 0.269 e. The van der Waals surface area contributed by atoms with E-state index in [1.807, 2.05) is 13.8 Å². The molecule has 0 radical (unpaired) electrons. The lowest BCUT2D eigenvalue weighted by atomic mass is 10.1. The number of hydrogen-bond acceptors (Lipinski definition) is 6. The number of hydrogen-bond donors (Lipinski definition) is 1. The first-order valence-corrected chi connectivity index (χ1v) is 12.0. The van der Waals surface area contributed by atoms with E-state index in [4.69, 9.17) is 20.9 Å². The van der Waals surface area contributed by atoms with Crippen molar-refractivity contribution in [1.82, 2.24) is 14.8 Å². The third kappa shape index (κ3) is 6.61. The molecule has 1 fully saturated rings. The molecule has 8 nitrogen and oxygen atoms in total. The van der Waals surface area contributed by atoms with Crippen LogP contribution in [0.3, 0.4) is 0 Å². The Morgan fingerprint density at radius 3 is 2.59 bits per heavy atom. The fraction of sp³-hybridized carbons (Fsp3) is 0.429. The average Bonchev–Trinajstić information content (AvgIpc) is 2.70. The molecule has 2 atom stereocenters. The van der Waals surface area contributed by atoms with E-state index in [2.05, 4.69) is 9.88 Å². The van der Waals surface area contributed by atoms with E-state index in [-0.39, 0.29) is 46.9 Å². The van der Waals surface area contributed by atoms with Crippen LogP contribution in [0.5, 0.6) is 5.88 Å². The molecule has 1 aromatic carbocycles. The van der Waals surface area contributed by atoms with Crippen molar-refractivity contribution >= 4 is 27.6 Å². The minimum atomic E-state index is -4.33. The summed E-state index contributed by atoms with van der Waals surface area (Å²) in [6.45, 7) is 5.39. The SMILES string of the molecule is C[C@@H]1CN(Cc2ccc(F)cc2)[C@@H](C)CN1C(=O)COc1ncc(Cl)cc1CS(=O)(=O)O. The van der Waals surface area contributed by atoms with Gasteiger partial charge < -0.3 is 9.64 Å². The zero-order valence-electron chi connectivity index (χ0n) is 17.7. The molecule has 0 saturated carbocycles. The van der Waals surface area contributed by atoms with Gasteiger partial charge in [-0.2, -0.15) is 8.42 Å². The Labute approximate surface area is 191 Å². The summed E-state index contributed by atoms with van der Waals surface area (Å²) in [4.78, 5) is 20.7. The molecule has 1 aliphatic heterocycles. The number of nitrogens with zero attached hydrogens (tertiary/aromatic N) is 3. The van der Waals surface area contributed by atoms with Crippen molar-refractivity contribution in [2.24, 2.45) is 0 Å². The van der Waals surface area contributed by atoms with Gasteiger partial charge in [0.05, 0.1) is 5.02 Å². The van der Waals surface area contributed by atoms with Crippen molar-refractivity contribution < 1.29 is 26.9 Å². The number of amides is 1. The molecule has 1 saturated heterocycles. The quantitative estimate of drug-likeness (QED) is 0.602. The predicted molar refractivity (Wildman–Crippen MR) is 117 cm³/mol. The number of rotatable bonds is 7. The van der Waals surface area contributed by atoms with E-state index < -0.39 is 15.9 Å². The summed E-state index contributed by atoms with van der Waals surface area (Å²) in [6.07, 6.45) is 1.27. The highest BCUT2D eigenvalue weighted by atomic mass is 35.5. The highest BCUT2D eigenvalue weighted by Gasteiger charge is 2.32. The molecule has 0 spiro atoms. The van der Waals surface area contributed by atoms with Crippen LogP contribution in [0.2, 0.25) is 5.02 Å². The molecule has 0 bridgehead atoms. The molecule has 2 aromatic rings. The zero-order chi connectivity index (χ0) is 23.5. The molecular formula is C21H25ClFN3O5S. The lowest BCUT2D eigenvalue weighted by Gasteiger charge is -2.44.